The third kappa shape index (κ3) is 6.31. The molecular weight excluding hydrogens is 531 g/mol. The van der Waals surface area contributed by atoms with Gasteiger partial charge in [-0.15, -0.1) is 11.3 Å². The number of nitrogen functional groups attached to an aromatic ring is 1. The first kappa shape index (κ1) is 27.9. The molecule has 2 heterocycles. The van der Waals surface area contributed by atoms with Crippen LogP contribution in [-0.2, 0) is 10.9 Å². The Kier molecular flexibility index (Phi) is 8.39. The molecule has 2 aromatic heterocycles. The topological polar surface area (TPSA) is 104 Å². The van der Waals surface area contributed by atoms with Crippen molar-refractivity contribution in [2.45, 2.75) is 32.9 Å². The van der Waals surface area contributed by atoms with Gasteiger partial charge in [0.05, 0.1) is 35.7 Å². The fraction of sp³-hybridized carbons (Fsp3) is 0.250. The summed E-state index contributed by atoms with van der Waals surface area (Å²) in [5.74, 6) is -0.592. The second kappa shape index (κ2) is 11.7. The highest BCUT2D eigenvalue weighted by Gasteiger charge is 2.36. The molecule has 204 valence electrons. The van der Waals surface area contributed by atoms with Crippen molar-refractivity contribution in [3.8, 4) is 17.0 Å². The number of nitrogens with one attached hydrogen (secondary N) is 1. The summed E-state index contributed by atoms with van der Waals surface area (Å²) in [6.45, 7) is 4.50. The Hall–Kier alpha value is -4.12. The molecule has 0 bridgehead atoms. The van der Waals surface area contributed by atoms with Gasteiger partial charge in [0.25, 0.3) is 5.91 Å². The van der Waals surface area contributed by atoms with Gasteiger partial charge in [0.2, 0.25) is 0 Å². The van der Waals surface area contributed by atoms with Crippen LogP contribution in [0, 0.1) is 0 Å². The van der Waals surface area contributed by atoms with E-state index in [-0.39, 0.29) is 33.1 Å². The summed E-state index contributed by atoms with van der Waals surface area (Å²) in [6.07, 6.45) is -2.86. The number of nitrogens with zero attached hydrogens (tertiary/aromatic N) is 1. The van der Waals surface area contributed by atoms with E-state index in [2.05, 4.69) is 10.3 Å². The van der Waals surface area contributed by atoms with Crippen LogP contribution in [-0.4, -0.2) is 30.1 Å². The van der Waals surface area contributed by atoms with E-state index in [0.717, 1.165) is 30.2 Å². The van der Waals surface area contributed by atoms with Crippen LogP contribution >= 0.6 is 11.3 Å². The Morgan fingerprint density at radius 3 is 2.36 bits per heavy atom. The largest absolute Gasteiger partial charge is 0.494 e. The second-order valence-electron chi connectivity index (χ2n) is 8.56. The van der Waals surface area contributed by atoms with Crippen molar-refractivity contribution in [1.29, 1.82) is 0 Å². The molecule has 0 radical (unpaired) electrons. The van der Waals surface area contributed by atoms with E-state index in [4.69, 9.17) is 15.2 Å². The number of hydrogen-bond acceptors (Lipinski definition) is 7. The maximum atomic E-state index is 14.1. The summed E-state index contributed by atoms with van der Waals surface area (Å²) in [5, 5.41) is 2.29. The molecule has 2 aromatic carbocycles. The van der Waals surface area contributed by atoms with Crippen LogP contribution < -0.4 is 15.8 Å². The molecule has 0 fully saturated rings. The highest BCUT2D eigenvalue weighted by molar-refractivity contribution is 7.21. The van der Waals surface area contributed by atoms with Gasteiger partial charge in [0, 0.05) is 16.6 Å². The Balaban J connectivity index is 1.65. The zero-order valence-corrected chi connectivity index (χ0v) is 22.0. The number of nitrogens with two attached hydrogens (primary N) is 1. The molecule has 0 spiro atoms. The van der Waals surface area contributed by atoms with Crippen LogP contribution in [0.4, 0.5) is 24.5 Å². The number of fused-ring (bicyclic) bond motifs is 1. The van der Waals surface area contributed by atoms with Crippen molar-refractivity contribution in [2.75, 3.05) is 24.3 Å². The molecule has 11 heteroatoms. The minimum atomic E-state index is -4.73. The minimum absolute atomic E-state index is 0.0107. The summed E-state index contributed by atoms with van der Waals surface area (Å²) in [6, 6.07) is 13.5. The number of carbonyl (C=O) groups excluding carboxylic acids is 2. The highest BCUT2D eigenvalue weighted by atomic mass is 32.1. The van der Waals surface area contributed by atoms with E-state index < -0.39 is 23.6 Å². The fourth-order valence-electron chi connectivity index (χ4n) is 3.81. The van der Waals surface area contributed by atoms with Crippen molar-refractivity contribution in [3.63, 3.8) is 0 Å². The highest BCUT2D eigenvalue weighted by Crippen LogP contribution is 2.43. The molecule has 0 aliphatic carbocycles. The van der Waals surface area contributed by atoms with Crippen LogP contribution in [0.1, 0.15) is 52.3 Å². The van der Waals surface area contributed by atoms with E-state index in [9.17, 15) is 22.8 Å². The molecular formula is C28H26F3N3O4S. The van der Waals surface area contributed by atoms with Crippen molar-refractivity contribution in [2.24, 2.45) is 0 Å². The van der Waals surface area contributed by atoms with Gasteiger partial charge in [0.1, 0.15) is 15.5 Å². The number of ether oxygens (including phenoxy) is 2. The van der Waals surface area contributed by atoms with Crippen LogP contribution in [0.25, 0.3) is 21.5 Å². The SMILES string of the molecule is CCCCOc1ccc(-c2cc(C(F)(F)F)c3c(N)c(C(=O)Nc4ccc(C(=O)OCC)cc4)sc3n2)cc1. The minimum Gasteiger partial charge on any atom is -0.494 e. The number of amides is 1. The molecule has 1 amide bonds. The Labute approximate surface area is 226 Å². The summed E-state index contributed by atoms with van der Waals surface area (Å²) < 4.78 is 52.9. The Bertz CT molecular complexity index is 1480. The average Bonchev–Trinajstić information content (AvgIpc) is 3.25. The lowest BCUT2D eigenvalue weighted by Crippen LogP contribution is -2.13. The van der Waals surface area contributed by atoms with E-state index in [0.29, 0.717) is 29.2 Å². The first-order valence-electron chi connectivity index (χ1n) is 12.2. The predicted octanol–water partition coefficient (Wildman–Crippen LogP) is 7.17. The zero-order valence-electron chi connectivity index (χ0n) is 21.2. The van der Waals surface area contributed by atoms with Crippen molar-refractivity contribution < 1.29 is 32.2 Å². The Morgan fingerprint density at radius 1 is 1.05 bits per heavy atom. The zero-order chi connectivity index (χ0) is 28.2. The molecule has 3 N–H and O–H groups in total. The number of benzene rings is 2. The summed E-state index contributed by atoms with van der Waals surface area (Å²) in [4.78, 5) is 29.1. The van der Waals surface area contributed by atoms with Gasteiger partial charge in [-0.2, -0.15) is 13.2 Å². The van der Waals surface area contributed by atoms with Gasteiger partial charge in [-0.3, -0.25) is 4.79 Å². The Morgan fingerprint density at radius 2 is 1.74 bits per heavy atom. The maximum Gasteiger partial charge on any atom is 0.417 e. The molecule has 4 rings (SSSR count). The van der Waals surface area contributed by atoms with Gasteiger partial charge in [-0.1, -0.05) is 13.3 Å². The van der Waals surface area contributed by atoms with Gasteiger partial charge >= 0.3 is 12.1 Å². The van der Waals surface area contributed by atoms with Crippen LogP contribution in [0.5, 0.6) is 5.75 Å². The third-order valence-electron chi connectivity index (χ3n) is 5.78. The van der Waals surface area contributed by atoms with E-state index in [1.807, 2.05) is 6.92 Å². The average molecular weight is 558 g/mol. The first-order valence-corrected chi connectivity index (χ1v) is 13.1. The number of pyridine rings is 1. The number of unbranched alkanes of at least 4 members (excludes halogenated alkanes) is 1. The summed E-state index contributed by atoms with van der Waals surface area (Å²) in [7, 11) is 0. The second-order valence-corrected chi connectivity index (χ2v) is 9.56. The third-order valence-corrected chi connectivity index (χ3v) is 6.88. The molecule has 0 saturated carbocycles. The van der Waals surface area contributed by atoms with Crippen LogP contribution in [0.15, 0.2) is 54.6 Å². The van der Waals surface area contributed by atoms with E-state index >= 15 is 0 Å². The van der Waals surface area contributed by atoms with Gasteiger partial charge in [-0.05, 0) is 67.9 Å². The van der Waals surface area contributed by atoms with Gasteiger partial charge in [0.15, 0.2) is 0 Å². The molecule has 0 atom stereocenters. The molecule has 39 heavy (non-hydrogen) atoms. The van der Waals surface area contributed by atoms with E-state index in [1.165, 1.54) is 24.3 Å². The number of thiophene rings is 1. The van der Waals surface area contributed by atoms with Gasteiger partial charge in [-0.25, -0.2) is 9.78 Å². The molecule has 7 nitrogen and oxygen atoms in total. The number of rotatable bonds is 9. The number of anilines is 2. The quantitative estimate of drug-likeness (QED) is 0.167. The lowest BCUT2D eigenvalue weighted by Gasteiger charge is -2.12. The number of esters is 1. The van der Waals surface area contributed by atoms with Crippen molar-refractivity contribution in [1.82, 2.24) is 4.98 Å². The molecule has 0 unspecified atom stereocenters. The standard InChI is InChI=1S/C28H26F3N3O4S/c1-3-5-14-38-19-12-8-16(9-13-19)21-15-20(28(29,30)31)22-23(32)24(39-26(22)34-21)25(35)33-18-10-6-17(7-11-18)27(36)37-4-2/h6-13,15H,3-5,14,32H2,1-2H3,(H,33,35). The summed E-state index contributed by atoms with van der Waals surface area (Å²) in [5.41, 5.74) is 5.99. The predicted molar refractivity (Wildman–Crippen MR) is 145 cm³/mol. The smallest absolute Gasteiger partial charge is 0.417 e. The maximum absolute atomic E-state index is 14.1. The number of halogens is 3. The van der Waals surface area contributed by atoms with Crippen LogP contribution in [0.3, 0.4) is 0 Å². The van der Waals surface area contributed by atoms with Crippen molar-refractivity contribution >= 4 is 44.8 Å². The van der Waals surface area contributed by atoms with Crippen LogP contribution in [0.2, 0.25) is 0 Å². The molecule has 0 saturated heterocycles. The number of carbonyl (C=O) groups is 2. The first-order chi connectivity index (χ1) is 18.6. The lowest BCUT2D eigenvalue weighted by molar-refractivity contribution is -0.136. The normalized spacial score (nSPS) is 11.4. The monoisotopic (exact) mass is 557 g/mol. The van der Waals surface area contributed by atoms with Crippen molar-refractivity contribution in [3.05, 3.63) is 70.6 Å². The number of aromatic nitrogens is 1. The molecule has 0 aliphatic heterocycles. The number of alkyl halides is 3. The summed E-state index contributed by atoms with van der Waals surface area (Å²) >= 11 is 0.775. The lowest BCUT2D eigenvalue weighted by atomic mass is 10.1. The van der Waals surface area contributed by atoms with Gasteiger partial charge < -0.3 is 20.5 Å². The fourth-order valence-corrected chi connectivity index (χ4v) is 4.82. The molecule has 4 aromatic rings. The number of hydrogen-bond donors (Lipinski definition) is 2. The molecule has 0 aliphatic rings. The van der Waals surface area contributed by atoms with E-state index in [1.54, 1.807) is 31.2 Å².